The van der Waals surface area contributed by atoms with Gasteiger partial charge in [0.05, 0.1) is 0 Å². The number of hydrogen-bond donors (Lipinski definition) is 0. The van der Waals surface area contributed by atoms with Crippen molar-refractivity contribution in [2.75, 3.05) is 13.7 Å². The first-order valence-electron chi connectivity index (χ1n) is 3.81. The summed E-state index contributed by atoms with van der Waals surface area (Å²) < 4.78 is 19.8. The van der Waals surface area contributed by atoms with Crippen LogP contribution < -0.4 is 0 Å². The molecule has 0 amide bonds. The molecule has 0 aromatic carbocycles. The lowest BCUT2D eigenvalue weighted by Crippen LogP contribution is -2.37. The SMILES string of the molecule is CO[C@H]1C[C@H]2OC(=O)OC[C@H]2O1. The van der Waals surface area contributed by atoms with E-state index in [4.69, 9.17) is 14.2 Å². The van der Waals surface area contributed by atoms with Crippen LogP contribution >= 0.6 is 0 Å². The number of ether oxygens (including phenoxy) is 4. The average molecular weight is 174 g/mol. The van der Waals surface area contributed by atoms with Crippen molar-refractivity contribution in [1.82, 2.24) is 0 Å². The zero-order valence-corrected chi connectivity index (χ0v) is 6.69. The van der Waals surface area contributed by atoms with Crippen LogP contribution in [0.5, 0.6) is 0 Å². The molecule has 0 bridgehead atoms. The number of carbonyl (C=O) groups is 1. The van der Waals surface area contributed by atoms with Crippen LogP contribution in [0.2, 0.25) is 0 Å². The fourth-order valence-electron chi connectivity index (χ4n) is 1.41. The highest BCUT2D eigenvalue weighted by atomic mass is 16.8. The summed E-state index contributed by atoms with van der Waals surface area (Å²) in [6, 6.07) is 0. The van der Waals surface area contributed by atoms with E-state index in [2.05, 4.69) is 4.74 Å². The van der Waals surface area contributed by atoms with Gasteiger partial charge in [-0.1, -0.05) is 0 Å². The third kappa shape index (κ3) is 1.25. The average Bonchev–Trinajstić information content (AvgIpc) is 2.46. The Balaban J connectivity index is 1.97. The van der Waals surface area contributed by atoms with Gasteiger partial charge in [0, 0.05) is 13.5 Å². The van der Waals surface area contributed by atoms with E-state index in [-0.39, 0.29) is 25.1 Å². The van der Waals surface area contributed by atoms with E-state index in [0.29, 0.717) is 6.42 Å². The quantitative estimate of drug-likeness (QED) is 0.534. The minimum atomic E-state index is -0.614. The van der Waals surface area contributed by atoms with Crippen LogP contribution in [0.15, 0.2) is 0 Å². The van der Waals surface area contributed by atoms with Gasteiger partial charge in [-0.2, -0.15) is 0 Å². The van der Waals surface area contributed by atoms with E-state index >= 15 is 0 Å². The molecule has 12 heavy (non-hydrogen) atoms. The molecule has 2 saturated heterocycles. The molecule has 68 valence electrons. The summed E-state index contributed by atoms with van der Waals surface area (Å²) in [7, 11) is 1.56. The Kier molecular flexibility index (Phi) is 1.90. The Morgan fingerprint density at radius 1 is 1.50 bits per heavy atom. The number of hydrogen-bond acceptors (Lipinski definition) is 5. The lowest BCUT2D eigenvalue weighted by Gasteiger charge is -2.22. The van der Waals surface area contributed by atoms with Gasteiger partial charge in [0.15, 0.2) is 6.29 Å². The summed E-state index contributed by atoms with van der Waals surface area (Å²) in [6.07, 6.45) is -0.647. The predicted octanol–water partition coefficient (Wildman–Crippen LogP) is 0.283. The maximum atomic E-state index is 10.7. The lowest BCUT2D eigenvalue weighted by atomic mass is 10.2. The molecule has 2 heterocycles. The van der Waals surface area contributed by atoms with Crippen molar-refractivity contribution in [2.45, 2.75) is 24.9 Å². The number of rotatable bonds is 1. The maximum absolute atomic E-state index is 10.7. The maximum Gasteiger partial charge on any atom is 0.508 e. The highest BCUT2D eigenvalue weighted by molar-refractivity contribution is 5.61. The monoisotopic (exact) mass is 174 g/mol. The van der Waals surface area contributed by atoms with Crippen molar-refractivity contribution in [2.24, 2.45) is 0 Å². The number of cyclic esters (lactones) is 1. The van der Waals surface area contributed by atoms with Crippen molar-refractivity contribution >= 4 is 6.16 Å². The molecule has 0 spiro atoms. The molecule has 2 aliphatic rings. The molecule has 2 rings (SSSR count). The fraction of sp³-hybridized carbons (Fsp3) is 0.857. The van der Waals surface area contributed by atoms with Crippen LogP contribution in [0.4, 0.5) is 4.79 Å². The molecule has 5 heteroatoms. The summed E-state index contributed by atoms with van der Waals surface area (Å²) >= 11 is 0. The second-order valence-electron chi connectivity index (χ2n) is 2.79. The minimum absolute atomic E-state index is 0.160. The molecule has 0 aromatic rings. The summed E-state index contributed by atoms with van der Waals surface area (Å²) in [5.41, 5.74) is 0. The van der Waals surface area contributed by atoms with E-state index < -0.39 is 6.16 Å². The minimum Gasteiger partial charge on any atom is -0.431 e. The third-order valence-corrected chi connectivity index (χ3v) is 2.04. The van der Waals surface area contributed by atoms with Crippen LogP contribution in [-0.4, -0.2) is 38.4 Å². The van der Waals surface area contributed by atoms with E-state index in [1.807, 2.05) is 0 Å². The van der Waals surface area contributed by atoms with E-state index in [1.54, 1.807) is 7.11 Å². The first kappa shape index (κ1) is 7.82. The van der Waals surface area contributed by atoms with Gasteiger partial charge in [-0.3, -0.25) is 0 Å². The van der Waals surface area contributed by atoms with Crippen molar-refractivity contribution in [3.8, 4) is 0 Å². The molecule has 3 atom stereocenters. The summed E-state index contributed by atoms with van der Waals surface area (Å²) in [6.45, 7) is 0.267. The Hall–Kier alpha value is -0.810. The van der Waals surface area contributed by atoms with Crippen LogP contribution in [0, 0.1) is 0 Å². The number of carbonyl (C=O) groups excluding carboxylic acids is 1. The number of fused-ring (bicyclic) bond motifs is 1. The van der Waals surface area contributed by atoms with Gasteiger partial charge in [0.1, 0.15) is 18.8 Å². The van der Waals surface area contributed by atoms with Crippen LogP contribution in [0.3, 0.4) is 0 Å². The van der Waals surface area contributed by atoms with Crippen LogP contribution in [0.1, 0.15) is 6.42 Å². The Labute approximate surface area is 69.5 Å². The first-order chi connectivity index (χ1) is 5.79. The van der Waals surface area contributed by atoms with E-state index in [9.17, 15) is 4.79 Å². The normalized spacial score (nSPS) is 40.1. The molecule has 0 aliphatic carbocycles. The largest absolute Gasteiger partial charge is 0.508 e. The van der Waals surface area contributed by atoms with Gasteiger partial charge in [0.25, 0.3) is 0 Å². The van der Waals surface area contributed by atoms with E-state index in [0.717, 1.165) is 0 Å². The number of methoxy groups -OCH3 is 1. The van der Waals surface area contributed by atoms with Crippen molar-refractivity contribution in [1.29, 1.82) is 0 Å². The molecule has 2 fully saturated rings. The van der Waals surface area contributed by atoms with Gasteiger partial charge >= 0.3 is 6.16 Å². The Morgan fingerprint density at radius 2 is 2.33 bits per heavy atom. The zero-order valence-electron chi connectivity index (χ0n) is 6.69. The molecular formula is C7H10O5. The zero-order chi connectivity index (χ0) is 8.55. The lowest BCUT2D eigenvalue weighted by molar-refractivity contribution is -0.142. The second kappa shape index (κ2) is 2.91. The standard InChI is InChI=1S/C7H10O5/c1-9-6-2-4-5(11-6)3-10-7(8)12-4/h4-6H,2-3H2,1H3/t4-,5-,6-/m1/s1. The van der Waals surface area contributed by atoms with Gasteiger partial charge < -0.3 is 18.9 Å². The molecule has 5 nitrogen and oxygen atoms in total. The third-order valence-electron chi connectivity index (χ3n) is 2.04. The Morgan fingerprint density at radius 3 is 3.08 bits per heavy atom. The summed E-state index contributed by atoms with van der Waals surface area (Å²) in [5.74, 6) is 0. The van der Waals surface area contributed by atoms with Crippen molar-refractivity contribution < 1.29 is 23.7 Å². The van der Waals surface area contributed by atoms with E-state index in [1.165, 1.54) is 0 Å². The fourth-order valence-corrected chi connectivity index (χ4v) is 1.41. The van der Waals surface area contributed by atoms with Crippen molar-refractivity contribution in [3.63, 3.8) is 0 Å². The van der Waals surface area contributed by atoms with Crippen LogP contribution in [0.25, 0.3) is 0 Å². The summed E-state index contributed by atoms with van der Waals surface area (Å²) in [5, 5.41) is 0. The van der Waals surface area contributed by atoms with Gasteiger partial charge in [-0.05, 0) is 0 Å². The molecule has 0 aromatic heterocycles. The second-order valence-corrected chi connectivity index (χ2v) is 2.79. The van der Waals surface area contributed by atoms with Crippen molar-refractivity contribution in [3.05, 3.63) is 0 Å². The predicted molar refractivity (Wildman–Crippen MR) is 36.5 cm³/mol. The highest BCUT2D eigenvalue weighted by Crippen LogP contribution is 2.27. The van der Waals surface area contributed by atoms with Gasteiger partial charge in [0.2, 0.25) is 0 Å². The molecule has 0 saturated carbocycles. The molecule has 0 unspecified atom stereocenters. The molecular weight excluding hydrogens is 164 g/mol. The molecule has 2 aliphatic heterocycles. The molecule has 0 N–H and O–H groups in total. The van der Waals surface area contributed by atoms with Gasteiger partial charge in [-0.25, -0.2) is 4.79 Å². The van der Waals surface area contributed by atoms with Gasteiger partial charge in [-0.15, -0.1) is 0 Å². The van der Waals surface area contributed by atoms with Crippen LogP contribution in [-0.2, 0) is 18.9 Å². The molecule has 0 radical (unpaired) electrons. The summed E-state index contributed by atoms with van der Waals surface area (Å²) in [4.78, 5) is 10.7. The highest BCUT2D eigenvalue weighted by Gasteiger charge is 2.42. The smallest absolute Gasteiger partial charge is 0.431 e. The topological polar surface area (TPSA) is 54.0 Å². The first-order valence-corrected chi connectivity index (χ1v) is 3.81. The Bertz CT molecular complexity index is 192.